The maximum atomic E-state index is 13.0. The zero-order chi connectivity index (χ0) is 35.3. The van der Waals surface area contributed by atoms with Gasteiger partial charge in [-0.1, -0.05) is 63.6 Å². The van der Waals surface area contributed by atoms with Gasteiger partial charge in [0.05, 0.1) is 12.4 Å². The number of methoxy groups -OCH3 is 2. The second-order valence-corrected chi connectivity index (χ2v) is 14.3. The molecule has 1 aliphatic rings. The molecule has 0 amide bonds. The van der Waals surface area contributed by atoms with E-state index in [1.54, 1.807) is 14.2 Å². The molecule has 14 heteroatoms. The first-order valence-corrected chi connectivity index (χ1v) is 17.9. The molecule has 2 atom stereocenters. The number of fused-ring (bicyclic) bond motifs is 1. The molecule has 0 saturated heterocycles. The molecule has 0 radical (unpaired) electrons. The largest absolute Gasteiger partial charge is 0.492 e. The van der Waals surface area contributed by atoms with Gasteiger partial charge in [0.2, 0.25) is 10.0 Å². The van der Waals surface area contributed by atoms with Gasteiger partial charge in [0.1, 0.15) is 17.2 Å². The highest BCUT2D eigenvalue weighted by atomic mass is 32.2. The zero-order valence-corrected chi connectivity index (χ0v) is 28.7. The van der Waals surface area contributed by atoms with Crippen molar-refractivity contribution >= 4 is 10.0 Å². The molecular weight excluding hydrogens is 661 g/mol. The van der Waals surface area contributed by atoms with Gasteiger partial charge < -0.3 is 23.7 Å². The summed E-state index contributed by atoms with van der Waals surface area (Å²) in [5.41, 5.74) is 1.98. The number of sulfonamides is 1. The molecular formula is C34H48F5NO7S. The number of rotatable bonds is 22. The van der Waals surface area contributed by atoms with Gasteiger partial charge in [-0.2, -0.15) is 22.0 Å². The van der Waals surface area contributed by atoms with E-state index < -0.39 is 41.5 Å². The predicted molar refractivity (Wildman–Crippen MR) is 172 cm³/mol. The molecule has 1 heterocycles. The first kappa shape index (κ1) is 39.8. The second-order valence-electron chi connectivity index (χ2n) is 12.4. The van der Waals surface area contributed by atoms with Crippen molar-refractivity contribution in [1.29, 1.82) is 0 Å². The number of ether oxygens (including phenoxy) is 5. The number of hydrogen-bond acceptors (Lipinski definition) is 7. The van der Waals surface area contributed by atoms with Crippen molar-refractivity contribution in [3.63, 3.8) is 0 Å². The minimum Gasteiger partial charge on any atom is -0.492 e. The quantitative estimate of drug-likeness (QED) is 0.0751. The van der Waals surface area contributed by atoms with Crippen molar-refractivity contribution in [1.82, 2.24) is 4.72 Å². The molecule has 1 aliphatic heterocycles. The Labute approximate surface area is 280 Å². The summed E-state index contributed by atoms with van der Waals surface area (Å²) in [6.07, 6.45) is -0.949. The van der Waals surface area contributed by atoms with E-state index >= 15 is 0 Å². The van der Waals surface area contributed by atoms with Crippen molar-refractivity contribution < 1.29 is 54.1 Å². The molecule has 0 fully saturated rings. The Morgan fingerprint density at radius 3 is 2.04 bits per heavy atom. The van der Waals surface area contributed by atoms with E-state index in [-0.39, 0.29) is 30.7 Å². The third-order valence-electron chi connectivity index (χ3n) is 8.67. The van der Waals surface area contributed by atoms with E-state index in [4.69, 9.17) is 23.7 Å². The number of halogens is 5. The van der Waals surface area contributed by atoms with Crippen molar-refractivity contribution in [2.24, 2.45) is 0 Å². The van der Waals surface area contributed by atoms with Crippen LogP contribution in [0.25, 0.3) is 0 Å². The van der Waals surface area contributed by atoms with E-state index in [1.807, 2.05) is 24.3 Å². The average molecular weight is 710 g/mol. The minimum atomic E-state index is -5.64. The van der Waals surface area contributed by atoms with Crippen LogP contribution in [0.2, 0.25) is 0 Å². The van der Waals surface area contributed by atoms with Crippen LogP contribution in [-0.2, 0) is 24.9 Å². The summed E-state index contributed by atoms with van der Waals surface area (Å²) in [4.78, 5) is 0. The van der Waals surface area contributed by atoms with Crippen LogP contribution in [-0.4, -0.2) is 67.2 Å². The van der Waals surface area contributed by atoms with Crippen LogP contribution in [0.4, 0.5) is 22.0 Å². The third kappa shape index (κ3) is 11.7. The number of nitrogens with one attached hydrogen (secondary N) is 1. The van der Waals surface area contributed by atoms with Crippen LogP contribution in [0.15, 0.2) is 42.5 Å². The van der Waals surface area contributed by atoms with Gasteiger partial charge in [-0.05, 0) is 48.6 Å². The molecule has 1 unspecified atom stereocenters. The topological polar surface area (TPSA) is 92.3 Å². The third-order valence-corrected chi connectivity index (χ3v) is 10.1. The Hall–Kier alpha value is -2.68. The van der Waals surface area contributed by atoms with Gasteiger partial charge in [0, 0.05) is 44.6 Å². The minimum absolute atomic E-state index is 0.141. The van der Waals surface area contributed by atoms with Crippen molar-refractivity contribution in [2.75, 3.05) is 46.7 Å². The van der Waals surface area contributed by atoms with Gasteiger partial charge in [-0.25, -0.2) is 13.1 Å². The van der Waals surface area contributed by atoms with E-state index in [2.05, 4.69) is 29.8 Å². The molecule has 272 valence electrons. The van der Waals surface area contributed by atoms with E-state index in [0.29, 0.717) is 25.2 Å². The lowest BCUT2D eigenvalue weighted by atomic mass is 9.66. The van der Waals surface area contributed by atoms with E-state index in [0.717, 1.165) is 61.2 Å². The summed E-state index contributed by atoms with van der Waals surface area (Å²) in [5.74, 6) is -2.65. The van der Waals surface area contributed by atoms with Gasteiger partial charge in [-0.3, -0.25) is 0 Å². The highest BCUT2D eigenvalue weighted by molar-refractivity contribution is 7.89. The summed E-state index contributed by atoms with van der Waals surface area (Å²) in [5, 5.41) is 0. The Kier molecular flexibility index (Phi) is 15.2. The van der Waals surface area contributed by atoms with Gasteiger partial charge in [0.25, 0.3) is 0 Å². The highest BCUT2D eigenvalue weighted by Gasteiger charge is 2.56. The Morgan fingerprint density at radius 2 is 1.42 bits per heavy atom. The van der Waals surface area contributed by atoms with Crippen LogP contribution in [0.5, 0.6) is 17.2 Å². The summed E-state index contributed by atoms with van der Waals surface area (Å²) in [6.45, 7) is 2.57. The van der Waals surface area contributed by atoms with Gasteiger partial charge in [-0.15, -0.1) is 0 Å². The van der Waals surface area contributed by atoms with Crippen LogP contribution in [0.3, 0.4) is 0 Å². The SMILES string of the molecule is COCOc1ccc([C@@]2(C)COc3cc(OCOC)ccc3C2CCCCCCCCCS(=O)(=O)NCCCC(F)(F)C(F)(F)F)cc1. The van der Waals surface area contributed by atoms with Crippen molar-refractivity contribution in [3.05, 3.63) is 53.6 Å². The molecule has 2 aromatic rings. The molecule has 8 nitrogen and oxygen atoms in total. The lowest BCUT2D eigenvalue weighted by molar-refractivity contribution is -0.284. The summed E-state index contributed by atoms with van der Waals surface area (Å²) in [7, 11) is -0.593. The van der Waals surface area contributed by atoms with Crippen molar-refractivity contribution in [3.8, 4) is 17.2 Å². The zero-order valence-electron chi connectivity index (χ0n) is 27.9. The molecule has 0 bridgehead atoms. The number of alkyl halides is 5. The van der Waals surface area contributed by atoms with Crippen LogP contribution < -0.4 is 18.9 Å². The fraction of sp³-hybridized carbons (Fsp3) is 0.647. The van der Waals surface area contributed by atoms with Crippen molar-refractivity contribution in [2.45, 2.75) is 94.6 Å². The van der Waals surface area contributed by atoms with Gasteiger partial charge in [0.15, 0.2) is 13.6 Å². The number of hydrogen-bond donors (Lipinski definition) is 1. The van der Waals surface area contributed by atoms with E-state index in [9.17, 15) is 30.4 Å². The van der Waals surface area contributed by atoms with Gasteiger partial charge >= 0.3 is 12.1 Å². The van der Waals surface area contributed by atoms with Crippen LogP contribution in [0, 0.1) is 0 Å². The molecule has 0 aliphatic carbocycles. The number of unbranched alkanes of at least 4 members (excludes halogenated alkanes) is 6. The second kappa shape index (κ2) is 18.4. The smallest absolute Gasteiger partial charge is 0.453 e. The normalized spacial score (nSPS) is 18.3. The van der Waals surface area contributed by atoms with Crippen LogP contribution in [0.1, 0.15) is 88.2 Å². The maximum Gasteiger partial charge on any atom is 0.453 e. The fourth-order valence-electron chi connectivity index (χ4n) is 5.91. The molecule has 0 saturated carbocycles. The summed E-state index contributed by atoms with van der Waals surface area (Å²) >= 11 is 0. The predicted octanol–water partition coefficient (Wildman–Crippen LogP) is 8.10. The standard InChI is InChI=1S/C34H48F5NO7S/c1-32(26-13-15-27(16-14-26)46-24-43-2)23-45-31-22-28(47-25-44-3)17-18-29(31)30(32)12-9-7-5-4-6-8-10-21-48(41,42)40-20-11-19-33(35,36)34(37,38)39/h13-18,22,30,40H,4-12,19-21,23-25H2,1-3H3/t30?,32-/m1/s1. The maximum absolute atomic E-state index is 13.0. The first-order valence-electron chi connectivity index (χ1n) is 16.2. The Bertz CT molecular complexity index is 1360. The first-order chi connectivity index (χ1) is 22.7. The fourth-order valence-corrected chi connectivity index (χ4v) is 7.09. The molecule has 48 heavy (non-hydrogen) atoms. The monoisotopic (exact) mass is 709 g/mol. The molecule has 0 aromatic heterocycles. The summed E-state index contributed by atoms with van der Waals surface area (Å²) < 4.78 is 117. The average Bonchev–Trinajstić information content (AvgIpc) is 3.04. The molecule has 0 spiro atoms. The highest BCUT2D eigenvalue weighted by Crippen LogP contribution is 2.50. The lowest BCUT2D eigenvalue weighted by Gasteiger charge is -2.43. The van der Waals surface area contributed by atoms with Crippen LogP contribution >= 0.6 is 0 Å². The Morgan fingerprint density at radius 1 is 0.833 bits per heavy atom. The molecule has 1 N–H and O–H groups in total. The lowest BCUT2D eigenvalue weighted by Crippen LogP contribution is -2.40. The van der Waals surface area contributed by atoms with E-state index in [1.165, 1.54) is 0 Å². The molecule has 3 rings (SSSR count). The summed E-state index contributed by atoms with van der Waals surface area (Å²) in [6, 6.07) is 13.9. The molecule has 2 aromatic carbocycles. The Balaban J connectivity index is 1.47. The number of benzene rings is 2.